The van der Waals surface area contributed by atoms with Crippen LogP contribution in [0.1, 0.15) is 34.1 Å². The van der Waals surface area contributed by atoms with Gasteiger partial charge in [0.05, 0.1) is 24.4 Å². The van der Waals surface area contributed by atoms with Crippen LogP contribution in [-0.4, -0.2) is 48.6 Å². The lowest BCUT2D eigenvalue weighted by Gasteiger charge is -2.23. The molecule has 2 N–H and O–H groups in total. The number of aryl methyl sites for hydroxylation is 2. The van der Waals surface area contributed by atoms with Crippen molar-refractivity contribution >= 4 is 51.3 Å². The molecule has 1 unspecified atom stereocenters. The molecule has 1 amide bonds. The highest BCUT2D eigenvalue weighted by Gasteiger charge is 2.49. The van der Waals surface area contributed by atoms with Crippen LogP contribution in [0, 0.1) is 19.7 Å². The van der Waals surface area contributed by atoms with Gasteiger partial charge in [-0.2, -0.15) is 0 Å². The van der Waals surface area contributed by atoms with Crippen LogP contribution in [0.4, 0.5) is 9.52 Å². The second-order valence-corrected chi connectivity index (χ2v) is 11.9. The Bertz CT molecular complexity index is 1950. The first-order chi connectivity index (χ1) is 20.7. The maximum absolute atomic E-state index is 14.1. The van der Waals surface area contributed by atoms with Crippen molar-refractivity contribution < 1.29 is 28.9 Å². The van der Waals surface area contributed by atoms with E-state index in [2.05, 4.69) is 15.2 Å². The molecular weight excluding hydrogens is 593 g/mol. The molecule has 0 bridgehead atoms. The molecular formula is C30H24FN5O5S2. The van der Waals surface area contributed by atoms with Crippen LogP contribution in [0.15, 0.2) is 70.7 Å². The van der Waals surface area contributed by atoms with E-state index >= 15 is 0 Å². The number of hydrogen-bond donors (Lipinski definition) is 2. The molecule has 3 aromatic heterocycles. The van der Waals surface area contributed by atoms with Crippen molar-refractivity contribution in [3.8, 4) is 11.5 Å². The smallest absolute Gasteiger partial charge is 0.301 e. The normalized spacial score (nSPS) is 16.4. The number of aromatic hydroxyl groups is 1. The second kappa shape index (κ2) is 11.2. The zero-order chi connectivity index (χ0) is 30.4. The van der Waals surface area contributed by atoms with Crippen molar-refractivity contribution in [2.45, 2.75) is 30.0 Å². The Labute approximate surface area is 253 Å². The number of rotatable bonds is 7. The predicted molar refractivity (Wildman–Crippen MR) is 160 cm³/mol. The fraction of sp³-hybridized carbons (Fsp3) is 0.167. The first-order valence-electron chi connectivity index (χ1n) is 13.0. The van der Waals surface area contributed by atoms with Gasteiger partial charge in [-0.1, -0.05) is 53.4 Å². The highest BCUT2D eigenvalue weighted by atomic mass is 32.2. The van der Waals surface area contributed by atoms with Gasteiger partial charge >= 0.3 is 5.91 Å². The summed E-state index contributed by atoms with van der Waals surface area (Å²) in [6.45, 7) is 3.64. The summed E-state index contributed by atoms with van der Waals surface area (Å²) in [6.07, 6.45) is 1.80. The third-order valence-electron chi connectivity index (χ3n) is 7.18. The molecule has 43 heavy (non-hydrogen) atoms. The molecule has 5 aromatic rings. The number of methoxy groups -OCH3 is 1. The molecule has 1 aliphatic rings. The van der Waals surface area contributed by atoms with Crippen molar-refractivity contribution in [2.24, 2.45) is 0 Å². The molecule has 0 spiro atoms. The Balaban J connectivity index is 1.47. The number of aromatic nitrogens is 4. The Morgan fingerprint density at radius 3 is 2.65 bits per heavy atom. The molecule has 1 fully saturated rings. The van der Waals surface area contributed by atoms with Crippen LogP contribution < -0.4 is 9.64 Å². The van der Waals surface area contributed by atoms with E-state index in [-0.39, 0.29) is 39.5 Å². The van der Waals surface area contributed by atoms with Gasteiger partial charge < -0.3 is 19.4 Å². The van der Waals surface area contributed by atoms with E-state index in [4.69, 9.17) is 4.74 Å². The minimum atomic E-state index is -1.14. The number of carbonyl (C=O) groups is 2. The van der Waals surface area contributed by atoms with Gasteiger partial charge in [0.2, 0.25) is 5.13 Å². The largest absolute Gasteiger partial charge is 0.505 e. The highest BCUT2D eigenvalue weighted by Crippen LogP contribution is 2.45. The summed E-state index contributed by atoms with van der Waals surface area (Å²) in [5, 5.41) is 30.4. The van der Waals surface area contributed by atoms with Crippen molar-refractivity contribution in [1.29, 1.82) is 0 Å². The van der Waals surface area contributed by atoms with Gasteiger partial charge in [0.15, 0.2) is 21.6 Å². The molecule has 0 saturated carbocycles. The van der Waals surface area contributed by atoms with Gasteiger partial charge in [0.25, 0.3) is 5.78 Å². The third kappa shape index (κ3) is 4.89. The summed E-state index contributed by atoms with van der Waals surface area (Å²) in [5.74, 6) is -2.39. The number of halogens is 1. The van der Waals surface area contributed by atoms with E-state index in [9.17, 15) is 24.2 Å². The molecule has 10 nitrogen and oxygen atoms in total. The number of aliphatic hydroxyl groups excluding tert-OH is 1. The van der Waals surface area contributed by atoms with Gasteiger partial charge in [-0.3, -0.25) is 14.5 Å². The number of thioether (sulfide) groups is 1. The number of aliphatic hydroxyl groups is 1. The molecule has 4 heterocycles. The minimum absolute atomic E-state index is 0.108. The lowest BCUT2D eigenvalue weighted by molar-refractivity contribution is -0.132. The zero-order valence-corrected chi connectivity index (χ0v) is 24.7. The first-order valence-corrected chi connectivity index (χ1v) is 14.8. The van der Waals surface area contributed by atoms with Crippen LogP contribution >= 0.6 is 23.1 Å². The summed E-state index contributed by atoms with van der Waals surface area (Å²) < 4.78 is 21.7. The summed E-state index contributed by atoms with van der Waals surface area (Å²) in [6, 6.07) is 13.4. The fourth-order valence-electron chi connectivity index (χ4n) is 5.00. The van der Waals surface area contributed by atoms with E-state index in [0.717, 1.165) is 16.9 Å². The molecule has 1 saturated heterocycles. The van der Waals surface area contributed by atoms with Gasteiger partial charge in [0.1, 0.15) is 17.2 Å². The van der Waals surface area contributed by atoms with Gasteiger partial charge in [-0.15, -0.1) is 10.2 Å². The lowest BCUT2D eigenvalue weighted by atomic mass is 9.96. The molecule has 0 aliphatic carbocycles. The average Bonchev–Trinajstić information content (AvgIpc) is 3.68. The quantitative estimate of drug-likeness (QED) is 0.0791. The van der Waals surface area contributed by atoms with E-state index in [1.807, 2.05) is 19.1 Å². The topological polar surface area (TPSA) is 130 Å². The SMILES string of the molecule is COc1cc(C2C(=C(O)c3nc4c(C)cccn4c3C)C(=O)C(=O)N2c2nnc(SCc3ccccc3F)s2)ccc1O. The average molecular weight is 618 g/mol. The van der Waals surface area contributed by atoms with Gasteiger partial charge in [-0.05, 0) is 54.8 Å². The molecule has 1 aliphatic heterocycles. The molecule has 2 aromatic carbocycles. The third-order valence-corrected chi connectivity index (χ3v) is 9.29. The number of carbonyl (C=O) groups excluding carboxylic acids is 2. The van der Waals surface area contributed by atoms with Crippen LogP contribution in [0.3, 0.4) is 0 Å². The maximum Gasteiger partial charge on any atom is 0.301 e. The van der Waals surface area contributed by atoms with Crippen LogP contribution in [0.2, 0.25) is 0 Å². The van der Waals surface area contributed by atoms with E-state index in [1.165, 1.54) is 48.0 Å². The Hall–Kier alpha value is -4.75. The van der Waals surface area contributed by atoms with Gasteiger partial charge in [-0.25, -0.2) is 9.37 Å². The molecule has 0 radical (unpaired) electrons. The number of hydrogen-bond acceptors (Lipinski definition) is 10. The summed E-state index contributed by atoms with van der Waals surface area (Å²) in [4.78, 5) is 33.0. The predicted octanol–water partition coefficient (Wildman–Crippen LogP) is 5.57. The summed E-state index contributed by atoms with van der Waals surface area (Å²) >= 11 is 2.30. The molecule has 13 heteroatoms. The number of amides is 1. The number of ketones is 1. The zero-order valence-electron chi connectivity index (χ0n) is 23.1. The number of benzene rings is 2. The first kappa shape index (κ1) is 28.4. The molecule has 1 atom stereocenters. The van der Waals surface area contributed by atoms with Crippen LogP contribution in [0.25, 0.3) is 11.4 Å². The number of imidazole rings is 1. The number of phenolic OH excluding ortho intramolecular Hbond substituents is 1. The van der Waals surface area contributed by atoms with Crippen molar-refractivity contribution in [2.75, 3.05) is 12.0 Å². The Kier molecular flexibility index (Phi) is 7.36. The van der Waals surface area contributed by atoms with Crippen molar-refractivity contribution in [3.05, 3.63) is 100 Å². The second-order valence-electron chi connectivity index (χ2n) is 9.76. The number of Topliss-reactive ketones (excluding diaryl/α,β-unsaturated/α-hetero) is 1. The summed E-state index contributed by atoms with van der Waals surface area (Å²) in [5.41, 5.74) is 2.85. The van der Waals surface area contributed by atoms with Crippen LogP contribution in [-0.2, 0) is 15.3 Å². The Morgan fingerprint density at radius 2 is 1.91 bits per heavy atom. The van der Waals surface area contributed by atoms with E-state index < -0.39 is 23.5 Å². The lowest BCUT2D eigenvalue weighted by Crippen LogP contribution is -2.29. The standard InChI is InChI=1S/C30H24FN5O5S2/c1-15-7-6-12-35-16(2)23(32-27(15)35)25(38)22-24(17-10-11-20(37)21(13-17)41-3)36(28(40)26(22)39)29-33-34-30(43-29)42-14-18-8-4-5-9-19(18)31/h4-13,24,37-38H,14H2,1-3H3. The monoisotopic (exact) mass is 617 g/mol. The summed E-state index contributed by atoms with van der Waals surface area (Å²) in [7, 11) is 1.38. The number of pyridine rings is 1. The number of fused-ring (bicyclic) bond motifs is 1. The Morgan fingerprint density at radius 1 is 1.12 bits per heavy atom. The van der Waals surface area contributed by atoms with Gasteiger partial charge in [0, 0.05) is 11.9 Å². The molecule has 6 rings (SSSR count). The molecule has 218 valence electrons. The van der Waals surface area contributed by atoms with E-state index in [0.29, 0.717) is 26.8 Å². The fourth-order valence-corrected chi connectivity index (χ4v) is 6.85. The van der Waals surface area contributed by atoms with Crippen molar-refractivity contribution in [1.82, 2.24) is 19.6 Å². The highest BCUT2D eigenvalue weighted by molar-refractivity contribution is 8.00. The number of phenols is 1. The minimum Gasteiger partial charge on any atom is -0.505 e. The van der Waals surface area contributed by atoms with E-state index in [1.54, 1.807) is 35.7 Å². The number of ether oxygens (including phenoxy) is 1. The number of nitrogens with zero attached hydrogens (tertiary/aromatic N) is 5. The number of anilines is 1. The van der Waals surface area contributed by atoms with Crippen molar-refractivity contribution in [3.63, 3.8) is 0 Å². The van der Waals surface area contributed by atoms with Crippen LogP contribution in [0.5, 0.6) is 11.5 Å². The maximum atomic E-state index is 14.1.